The number of thiophene rings is 1. The van der Waals surface area contributed by atoms with Crippen LogP contribution in [-0.4, -0.2) is 55.0 Å². The highest BCUT2D eigenvalue weighted by Gasteiger charge is 2.43. The molecule has 1 fully saturated rings. The normalized spacial score (nSPS) is 20.8. The summed E-state index contributed by atoms with van der Waals surface area (Å²) in [4.78, 5) is 17.1. The lowest BCUT2D eigenvalue weighted by Crippen LogP contribution is -2.48. The summed E-state index contributed by atoms with van der Waals surface area (Å²) in [5, 5.41) is 9.74. The van der Waals surface area contributed by atoms with E-state index in [2.05, 4.69) is 22.8 Å². The molecule has 27 heavy (non-hydrogen) atoms. The second-order valence-electron chi connectivity index (χ2n) is 7.63. The first-order valence-electron chi connectivity index (χ1n) is 9.51. The molecule has 1 saturated heterocycles. The molecule has 1 atom stereocenters. The van der Waals surface area contributed by atoms with Gasteiger partial charge in [-0.25, -0.2) is 0 Å². The Bertz CT molecular complexity index is 682. The van der Waals surface area contributed by atoms with E-state index in [-0.39, 0.29) is 5.97 Å². The lowest BCUT2D eigenvalue weighted by molar-refractivity contribution is -0.160. The molecule has 0 saturated carbocycles. The predicted octanol–water partition coefficient (Wildman–Crippen LogP) is 3.05. The van der Waals surface area contributed by atoms with Gasteiger partial charge in [0.2, 0.25) is 0 Å². The Morgan fingerprint density at radius 1 is 1.44 bits per heavy atom. The van der Waals surface area contributed by atoms with Crippen molar-refractivity contribution < 1.29 is 19.4 Å². The Labute approximate surface area is 166 Å². The van der Waals surface area contributed by atoms with Gasteiger partial charge in [0.05, 0.1) is 16.9 Å². The lowest BCUT2D eigenvalue weighted by Gasteiger charge is -2.40. The van der Waals surface area contributed by atoms with Gasteiger partial charge in [-0.3, -0.25) is 9.69 Å². The minimum absolute atomic E-state index is 0.102. The number of methoxy groups -OCH3 is 1. The number of likely N-dealkylation sites (tertiary alicyclic amines) is 1. The summed E-state index contributed by atoms with van der Waals surface area (Å²) in [5.41, 5.74) is -1.47. The first-order valence-corrected chi connectivity index (χ1v) is 10.3. The first kappa shape index (κ1) is 21.9. The Morgan fingerprint density at radius 3 is 2.89 bits per heavy atom. The van der Waals surface area contributed by atoms with E-state index in [9.17, 15) is 9.90 Å². The fourth-order valence-electron chi connectivity index (χ4n) is 3.38. The smallest absolute Gasteiger partial charge is 0.313 e. The van der Waals surface area contributed by atoms with Crippen LogP contribution in [0, 0.1) is 17.3 Å². The van der Waals surface area contributed by atoms with Crippen LogP contribution in [0.1, 0.15) is 49.8 Å². The zero-order valence-electron chi connectivity index (χ0n) is 16.8. The van der Waals surface area contributed by atoms with Crippen LogP contribution in [0.25, 0.3) is 0 Å². The molecule has 0 aromatic carbocycles. The minimum Gasteiger partial charge on any atom is -0.466 e. The van der Waals surface area contributed by atoms with Crippen molar-refractivity contribution >= 4 is 17.3 Å². The monoisotopic (exact) mass is 393 g/mol. The number of esters is 1. The average Bonchev–Trinajstić information content (AvgIpc) is 3.05. The van der Waals surface area contributed by atoms with Gasteiger partial charge in [0.1, 0.15) is 5.60 Å². The molecule has 0 aliphatic carbocycles. The molecular formula is C21H31NO4S. The number of nitrogens with zero attached hydrogens (tertiary/aromatic N) is 1. The highest BCUT2D eigenvalue weighted by atomic mass is 32.1. The summed E-state index contributed by atoms with van der Waals surface area (Å²) in [7, 11) is 1.67. The summed E-state index contributed by atoms with van der Waals surface area (Å²) >= 11 is 1.64. The lowest BCUT2D eigenvalue weighted by atomic mass is 9.77. The van der Waals surface area contributed by atoms with Crippen molar-refractivity contribution in [2.45, 2.75) is 52.2 Å². The molecule has 1 aromatic rings. The molecule has 0 radical (unpaired) electrons. The number of carbonyl (C=O) groups excluding carboxylic acids is 1. The van der Waals surface area contributed by atoms with Crippen LogP contribution in [0.4, 0.5) is 0 Å². The van der Waals surface area contributed by atoms with Gasteiger partial charge in [-0.1, -0.05) is 11.8 Å². The number of piperidine rings is 1. The van der Waals surface area contributed by atoms with E-state index < -0.39 is 11.0 Å². The number of rotatable bonds is 7. The van der Waals surface area contributed by atoms with Crippen LogP contribution in [0.3, 0.4) is 0 Å². The number of ether oxygens (including phenoxy) is 2. The predicted molar refractivity (Wildman–Crippen MR) is 108 cm³/mol. The molecule has 0 spiro atoms. The number of aliphatic hydroxyl groups is 1. The molecule has 5 nitrogen and oxygen atoms in total. The van der Waals surface area contributed by atoms with E-state index in [1.807, 2.05) is 13.0 Å². The largest absolute Gasteiger partial charge is 0.466 e. The van der Waals surface area contributed by atoms with Gasteiger partial charge in [0.25, 0.3) is 0 Å². The van der Waals surface area contributed by atoms with Gasteiger partial charge in [-0.15, -0.1) is 11.3 Å². The van der Waals surface area contributed by atoms with Crippen molar-refractivity contribution in [2.75, 3.05) is 33.4 Å². The SMILES string of the molecule is CCOC(=O)[C@@]1(CCOC)CCCN(Cc2ccc(C#CC(C)(C)O)s2)C1. The fraction of sp³-hybridized carbons (Fsp3) is 0.667. The maximum Gasteiger partial charge on any atom is 0.313 e. The third-order valence-corrected chi connectivity index (χ3v) is 5.67. The maximum atomic E-state index is 12.7. The average molecular weight is 394 g/mol. The molecule has 0 unspecified atom stereocenters. The third-order valence-electron chi connectivity index (χ3n) is 4.68. The zero-order valence-corrected chi connectivity index (χ0v) is 17.7. The number of hydrogen-bond donors (Lipinski definition) is 1. The van der Waals surface area contributed by atoms with E-state index in [1.54, 1.807) is 32.3 Å². The fourth-order valence-corrected chi connectivity index (χ4v) is 4.29. The summed E-state index contributed by atoms with van der Waals surface area (Å²) in [6.07, 6.45) is 2.50. The van der Waals surface area contributed by atoms with Crippen LogP contribution in [0.15, 0.2) is 12.1 Å². The molecule has 1 aliphatic heterocycles. The first-order chi connectivity index (χ1) is 12.8. The Kier molecular flexibility index (Phi) is 7.87. The van der Waals surface area contributed by atoms with Gasteiger partial charge >= 0.3 is 5.97 Å². The van der Waals surface area contributed by atoms with Gasteiger partial charge in [-0.2, -0.15) is 0 Å². The topological polar surface area (TPSA) is 59.0 Å². The highest BCUT2D eigenvalue weighted by Crippen LogP contribution is 2.36. The second kappa shape index (κ2) is 9.70. The van der Waals surface area contributed by atoms with E-state index >= 15 is 0 Å². The van der Waals surface area contributed by atoms with E-state index in [0.29, 0.717) is 26.2 Å². The van der Waals surface area contributed by atoms with Crippen molar-refractivity contribution in [1.29, 1.82) is 0 Å². The summed E-state index contributed by atoms with van der Waals surface area (Å²) in [6, 6.07) is 4.07. The van der Waals surface area contributed by atoms with Crippen molar-refractivity contribution in [3.63, 3.8) is 0 Å². The molecule has 6 heteroatoms. The highest BCUT2D eigenvalue weighted by molar-refractivity contribution is 7.12. The van der Waals surface area contributed by atoms with Crippen LogP contribution in [-0.2, 0) is 20.8 Å². The van der Waals surface area contributed by atoms with E-state index in [4.69, 9.17) is 9.47 Å². The van der Waals surface area contributed by atoms with Crippen LogP contribution in [0.5, 0.6) is 0 Å². The van der Waals surface area contributed by atoms with Crippen LogP contribution in [0.2, 0.25) is 0 Å². The molecular weight excluding hydrogens is 362 g/mol. The van der Waals surface area contributed by atoms with Crippen molar-refractivity contribution in [3.8, 4) is 11.8 Å². The quantitative estimate of drug-likeness (QED) is 0.570. The Balaban J connectivity index is 2.07. The maximum absolute atomic E-state index is 12.7. The van der Waals surface area contributed by atoms with E-state index in [0.717, 1.165) is 30.8 Å². The Hall–Kier alpha value is -1.39. The van der Waals surface area contributed by atoms with Gasteiger partial charge in [0.15, 0.2) is 0 Å². The number of hydrogen-bond acceptors (Lipinski definition) is 6. The van der Waals surface area contributed by atoms with Crippen LogP contribution < -0.4 is 0 Å². The van der Waals surface area contributed by atoms with Crippen molar-refractivity contribution in [1.82, 2.24) is 4.90 Å². The molecule has 2 heterocycles. The number of carbonyl (C=O) groups is 1. The second-order valence-corrected chi connectivity index (χ2v) is 8.80. The third kappa shape index (κ3) is 6.62. The standard InChI is InChI=1S/C21H31NO4S/c1-5-26-19(23)21(12-14-25-4)10-6-13-22(16-21)15-18-8-7-17(27-18)9-11-20(2,3)24/h7-8,24H,5-6,10,12-16H2,1-4H3/t21-/m1/s1. The summed E-state index contributed by atoms with van der Waals surface area (Å²) in [5.74, 6) is 5.78. The molecule has 1 N–H and O–H groups in total. The molecule has 1 aliphatic rings. The Morgan fingerprint density at radius 2 is 2.22 bits per heavy atom. The molecule has 150 valence electrons. The van der Waals surface area contributed by atoms with Crippen LogP contribution >= 0.6 is 11.3 Å². The van der Waals surface area contributed by atoms with Gasteiger partial charge in [0, 0.05) is 31.7 Å². The van der Waals surface area contributed by atoms with Crippen molar-refractivity contribution in [3.05, 3.63) is 21.9 Å². The van der Waals surface area contributed by atoms with Gasteiger partial charge < -0.3 is 14.6 Å². The summed E-state index contributed by atoms with van der Waals surface area (Å²) < 4.78 is 10.6. The molecule has 0 bridgehead atoms. The minimum atomic E-state index is -0.988. The molecule has 0 amide bonds. The summed E-state index contributed by atoms with van der Waals surface area (Å²) in [6.45, 7) is 8.63. The molecule has 2 rings (SSSR count). The molecule has 1 aromatic heterocycles. The zero-order chi connectivity index (χ0) is 19.9. The van der Waals surface area contributed by atoms with E-state index in [1.165, 1.54) is 4.88 Å². The van der Waals surface area contributed by atoms with Gasteiger partial charge in [-0.05, 0) is 58.7 Å². The van der Waals surface area contributed by atoms with Crippen molar-refractivity contribution in [2.24, 2.45) is 5.41 Å².